The fraction of sp³-hybridized carbons (Fsp3) is 0.0526. The van der Waals surface area contributed by atoms with Crippen LogP contribution in [0, 0.1) is 0 Å². The van der Waals surface area contributed by atoms with Crippen LogP contribution >= 0.6 is 0 Å². The van der Waals surface area contributed by atoms with Crippen molar-refractivity contribution in [2.45, 2.75) is 6.54 Å². The molecule has 1 N–H and O–H groups in total. The number of carbonyl (C=O) groups excluding carboxylic acids is 1. The van der Waals surface area contributed by atoms with E-state index in [1.54, 1.807) is 24.4 Å². The molecule has 0 atom stereocenters. The van der Waals surface area contributed by atoms with E-state index < -0.39 is 0 Å². The second kappa shape index (κ2) is 6.16. The van der Waals surface area contributed by atoms with Crippen LogP contribution in [0.2, 0.25) is 0 Å². The van der Waals surface area contributed by atoms with E-state index in [0.29, 0.717) is 22.2 Å². The maximum Gasteiger partial charge on any atom is 0.269 e. The van der Waals surface area contributed by atoms with Gasteiger partial charge in [0.15, 0.2) is 0 Å². The van der Waals surface area contributed by atoms with Gasteiger partial charge in [0.2, 0.25) is 5.91 Å². The Labute approximate surface area is 142 Å². The van der Waals surface area contributed by atoms with E-state index in [9.17, 15) is 9.59 Å². The van der Waals surface area contributed by atoms with Crippen molar-refractivity contribution in [3.8, 4) is 0 Å². The minimum atomic E-state index is -0.315. The van der Waals surface area contributed by atoms with E-state index in [4.69, 9.17) is 0 Å². The van der Waals surface area contributed by atoms with Gasteiger partial charge in [0.05, 0.1) is 28.4 Å². The molecule has 0 aliphatic rings. The van der Waals surface area contributed by atoms with Crippen LogP contribution in [0.25, 0.3) is 21.9 Å². The Bertz CT molecular complexity index is 1150. The highest BCUT2D eigenvalue weighted by Crippen LogP contribution is 2.20. The number of benzene rings is 2. The molecule has 0 radical (unpaired) electrons. The molecule has 4 aromatic rings. The van der Waals surface area contributed by atoms with Crippen molar-refractivity contribution in [1.29, 1.82) is 0 Å². The Kier molecular flexibility index (Phi) is 3.70. The molecule has 0 aliphatic heterocycles. The SMILES string of the molecule is O=C(Cn1c(=O)cnc2ccccc21)Nc1cccc2cccnc12. The van der Waals surface area contributed by atoms with Gasteiger partial charge in [0, 0.05) is 11.6 Å². The van der Waals surface area contributed by atoms with Crippen molar-refractivity contribution in [2.24, 2.45) is 0 Å². The van der Waals surface area contributed by atoms with Gasteiger partial charge in [-0.05, 0) is 24.3 Å². The molecular formula is C19H14N4O2. The number of hydrogen-bond acceptors (Lipinski definition) is 4. The summed E-state index contributed by atoms with van der Waals surface area (Å²) in [5, 5.41) is 3.78. The van der Waals surface area contributed by atoms with E-state index in [1.807, 2.05) is 36.4 Å². The number of hydrogen-bond donors (Lipinski definition) is 1. The molecule has 25 heavy (non-hydrogen) atoms. The van der Waals surface area contributed by atoms with Crippen molar-refractivity contribution in [3.63, 3.8) is 0 Å². The van der Waals surface area contributed by atoms with Gasteiger partial charge < -0.3 is 5.32 Å². The number of pyridine rings is 1. The normalized spacial score (nSPS) is 10.9. The van der Waals surface area contributed by atoms with Gasteiger partial charge in [0.25, 0.3) is 5.56 Å². The van der Waals surface area contributed by atoms with E-state index >= 15 is 0 Å². The number of carbonyl (C=O) groups is 1. The molecule has 0 saturated carbocycles. The highest BCUT2D eigenvalue weighted by Gasteiger charge is 2.10. The van der Waals surface area contributed by atoms with Crippen LogP contribution in [-0.4, -0.2) is 20.4 Å². The molecule has 1 amide bonds. The molecule has 0 fully saturated rings. The average molecular weight is 330 g/mol. The van der Waals surface area contributed by atoms with Gasteiger partial charge in [-0.1, -0.05) is 30.3 Å². The first-order valence-corrected chi connectivity index (χ1v) is 7.80. The van der Waals surface area contributed by atoms with E-state index in [0.717, 1.165) is 5.39 Å². The molecule has 2 aromatic heterocycles. The zero-order valence-corrected chi connectivity index (χ0v) is 13.2. The average Bonchev–Trinajstić information content (AvgIpc) is 2.64. The Morgan fingerprint density at radius 2 is 1.84 bits per heavy atom. The maximum absolute atomic E-state index is 12.5. The minimum Gasteiger partial charge on any atom is -0.323 e. The Balaban J connectivity index is 1.67. The zero-order valence-electron chi connectivity index (χ0n) is 13.2. The molecule has 4 rings (SSSR count). The van der Waals surface area contributed by atoms with Crippen molar-refractivity contribution >= 4 is 33.5 Å². The second-order valence-electron chi connectivity index (χ2n) is 5.60. The van der Waals surface area contributed by atoms with E-state index in [-0.39, 0.29) is 18.0 Å². The highest BCUT2D eigenvalue weighted by molar-refractivity contribution is 6.00. The van der Waals surface area contributed by atoms with E-state index in [2.05, 4.69) is 15.3 Å². The van der Waals surface area contributed by atoms with Gasteiger partial charge in [-0.3, -0.25) is 19.1 Å². The van der Waals surface area contributed by atoms with Gasteiger partial charge in [-0.15, -0.1) is 0 Å². The lowest BCUT2D eigenvalue weighted by atomic mass is 10.2. The molecule has 0 aliphatic carbocycles. The molecule has 122 valence electrons. The fourth-order valence-electron chi connectivity index (χ4n) is 2.82. The molecule has 2 heterocycles. The number of nitrogens with one attached hydrogen (secondary N) is 1. The van der Waals surface area contributed by atoms with Gasteiger partial charge >= 0.3 is 0 Å². The van der Waals surface area contributed by atoms with Crippen LogP contribution in [0.4, 0.5) is 5.69 Å². The summed E-state index contributed by atoms with van der Waals surface area (Å²) in [6.07, 6.45) is 2.91. The Morgan fingerprint density at radius 1 is 1.00 bits per heavy atom. The summed E-state index contributed by atoms with van der Waals surface area (Å²) >= 11 is 0. The monoisotopic (exact) mass is 330 g/mol. The third-order valence-corrected chi connectivity index (χ3v) is 3.96. The third kappa shape index (κ3) is 2.85. The number of fused-ring (bicyclic) bond motifs is 2. The molecule has 2 aromatic carbocycles. The maximum atomic E-state index is 12.5. The van der Waals surface area contributed by atoms with Crippen molar-refractivity contribution in [2.75, 3.05) is 5.32 Å². The predicted molar refractivity (Wildman–Crippen MR) is 96.4 cm³/mol. The number of anilines is 1. The number of amides is 1. The molecule has 0 unspecified atom stereocenters. The summed E-state index contributed by atoms with van der Waals surface area (Å²) in [7, 11) is 0. The van der Waals surface area contributed by atoms with Gasteiger partial charge in [0.1, 0.15) is 6.54 Å². The van der Waals surface area contributed by atoms with Crippen LogP contribution in [0.3, 0.4) is 0 Å². The van der Waals surface area contributed by atoms with Crippen LogP contribution in [0.1, 0.15) is 0 Å². The summed E-state index contributed by atoms with van der Waals surface area (Å²) in [6.45, 7) is -0.0922. The number of aromatic nitrogens is 3. The zero-order chi connectivity index (χ0) is 17.2. The first kappa shape index (κ1) is 15.0. The molecule has 6 nitrogen and oxygen atoms in total. The van der Waals surface area contributed by atoms with Crippen LogP contribution in [0.15, 0.2) is 71.8 Å². The number of nitrogens with zero attached hydrogens (tertiary/aromatic N) is 3. The number of para-hydroxylation sites is 3. The van der Waals surface area contributed by atoms with Gasteiger partial charge in [-0.2, -0.15) is 0 Å². The molecule has 6 heteroatoms. The lowest BCUT2D eigenvalue weighted by molar-refractivity contribution is -0.116. The van der Waals surface area contributed by atoms with Crippen LogP contribution in [0.5, 0.6) is 0 Å². The predicted octanol–water partition coefficient (Wildman–Crippen LogP) is 2.58. The largest absolute Gasteiger partial charge is 0.323 e. The second-order valence-corrected chi connectivity index (χ2v) is 5.60. The first-order chi connectivity index (χ1) is 12.2. The quantitative estimate of drug-likeness (QED) is 0.626. The van der Waals surface area contributed by atoms with Crippen molar-refractivity contribution in [1.82, 2.24) is 14.5 Å². The number of rotatable bonds is 3. The molecule has 0 saturated heterocycles. The molecular weight excluding hydrogens is 316 g/mol. The highest BCUT2D eigenvalue weighted by atomic mass is 16.2. The summed E-state index contributed by atoms with van der Waals surface area (Å²) in [4.78, 5) is 33.1. The molecule has 0 bridgehead atoms. The standard InChI is InChI=1S/C19H14N4O2/c24-17(22-15-8-3-5-13-6-4-10-20-19(13)15)12-23-16-9-2-1-7-14(16)21-11-18(23)25/h1-11H,12H2,(H,22,24). The van der Waals surface area contributed by atoms with Gasteiger partial charge in [-0.25, -0.2) is 4.98 Å². The summed E-state index contributed by atoms with van der Waals surface area (Å²) in [5.74, 6) is -0.295. The van der Waals surface area contributed by atoms with Crippen molar-refractivity contribution < 1.29 is 4.79 Å². The van der Waals surface area contributed by atoms with Crippen LogP contribution in [-0.2, 0) is 11.3 Å². The summed E-state index contributed by atoms with van der Waals surface area (Å²) in [6, 6.07) is 16.6. The van der Waals surface area contributed by atoms with E-state index in [1.165, 1.54) is 10.8 Å². The fourth-order valence-corrected chi connectivity index (χ4v) is 2.82. The minimum absolute atomic E-state index is 0.0922. The first-order valence-electron chi connectivity index (χ1n) is 7.80. The Morgan fingerprint density at radius 3 is 2.76 bits per heavy atom. The topological polar surface area (TPSA) is 76.9 Å². The Hall–Kier alpha value is -3.54. The third-order valence-electron chi connectivity index (χ3n) is 3.96. The van der Waals surface area contributed by atoms with Crippen molar-refractivity contribution in [3.05, 3.63) is 77.3 Å². The smallest absolute Gasteiger partial charge is 0.269 e. The molecule has 0 spiro atoms. The van der Waals surface area contributed by atoms with Crippen LogP contribution < -0.4 is 10.9 Å². The summed E-state index contributed by atoms with van der Waals surface area (Å²) < 4.78 is 1.41. The lowest BCUT2D eigenvalue weighted by Gasteiger charge is -2.11. The lowest BCUT2D eigenvalue weighted by Crippen LogP contribution is -2.28. The summed E-state index contributed by atoms with van der Waals surface area (Å²) in [5.41, 5.74) is 2.31.